The molecule has 0 saturated carbocycles. The molecule has 2 aromatic rings. The number of fused-ring (bicyclic) bond motifs is 1. The molecule has 2 aliphatic heterocycles. The van der Waals surface area contributed by atoms with E-state index in [9.17, 15) is 21.6 Å². The van der Waals surface area contributed by atoms with E-state index in [1.807, 2.05) is 0 Å². The van der Waals surface area contributed by atoms with Crippen molar-refractivity contribution in [3.05, 3.63) is 58.5 Å². The van der Waals surface area contributed by atoms with Gasteiger partial charge in [-0.05, 0) is 61.7 Å². The molecule has 0 bridgehead atoms. The lowest BCUT2D eigenvalue weighted by atomic mass is 10.1. The first-order chi connectivity index (χ1) is 14.7. The Morgan fingerprint density at radius 2 is 1.81 bits per heavy atom. The third-order valence-electron chi connectivity index (χ3n) is 5.27. The maximum Gasteiger partial charge on any atom is 0.332 e. The first-order valence-electron chi connectivity index (χ1n) is 9.84. The van der Waals surface area contributed by atoms with E-state index in [0.29, 0.717) is 29.9 Å². The SMILES string of the molecule is Cc1ccc(C(=O)Nc2ccc3c(c2)C=CS(=O)(=O)O3)cc1S(=O)(=O)N1CCCCC1. The number of aryl methyl sites for hydroxylation is 1. The molecule has 0 aromatic heterocycles. The van der Waals surface area contributed by atoms with Crippen molar-refractivity contribution >= 4 is 37.8 Å². The van der Waals surface area contributed by atoms with E-state index in [4.69, 9.17) is 4.18 Å². The topological polar surface area (TPSA) is 110 Å². The highest BCUT2D eigenvalue weighted by atomic mass is 32.2. The van der Waals surface area contributed by atoms with Crippen LogP contribution in [0.2, 0.25) is 0 Å². The standard InChI is InChI=1S/C21H22N2O6S2/c1-15-5-6-17(14-20(15)31(27,28)23-10-3-2-4-11-23)21(24)22-18-7-8-19-16(13-18)9-12-30(25,26)29-19/h5-9,12-14H,2-4,10-11H2,1H3,(H,22,24). The monoisotopic (exact) mass is 462 g/mol. The van der Waals surface area contributed by atoms with Crippen LogP contribution in [0.4, 0.5) is 5.69 Å². The van der Waals surface area contributed by atoms with Crippen molar-refractivity contribution in [3.63, 3.8) is 0 Å². The number of rotatable bonds is 4. The highest BCUT2D eigenvalue weighted by molar-refractivity contribution is 7.90. The fourth-order valence-corrected chi connectivity index (χ4v) is 6.15. The fourth-order valence-electron chi connectivity index (χ4n) is 3.61. The van der Waals surface area contributed by atoms with Gasteiger partial charge in [0.1, 0.15) is 5.75 Å². The molecule has 1 fully saturated rings. The van der Waals surface area contributed by atoms with Gasteiger partial charge in [0.25, 0.3) is 5.91 Å². The maximum absolute atomic E-state index is 13.1. The van der Waals surface area contributed by atoms with Gasteiger partial charge < -0.3 is 9.50 Å². The lowest BCUT2D eigenvalue weighted by Gasteiger charge is -2.26. The smallest absolute Gasteiger partial charge is 0.332 e. The summed E-state index contributed by atoms with van der Waals surface area (Å²) in [4.78, 5) is 12.9. The Bertz CT molecular complexity index is 1280. The molecular weight excluding hydrogens is 440 g/mol. The van der Waals surface area contributed by atoms with Crippen LogP contribution in [-0.4, -0.2) is 40.1 Å². The number of carbonyl (C=O) groups is 1. The molecule has 2 aromatic carbocycles. The van der Waals surface area contributed by atoms with Crippen LogP contribution < -0.4 is 9.50 Å². The first kappa shape index (κ1) is 21.5. The van der Waals surface area contributed by atoms with Gasteiger partial charge in [0.05, 0.1) is 10.3 Å². The third-order valence-corrected chi connectivity index (χ3v) is 8.19. The molecule has 2 heterocycles. The van der Waals surface area contributed by atoms with Crippen molar-refractivity contribution in [3.8, 4) is 5.75 Å². The molecule has 8 nitrogen and oxygen atoms in total. The van der Waals surface area contributed by atoms with Gasteiger partial charge in [-0.25, -0.2) is 8.42 Å². The summed E-state index contributed by atoms with van der Waals surface area (Å²) in [7, 11) is -7.41. The quantitative estimate of drug-likeness (QED) is 0.699. The van der Waals surface area contributed by atoms with Crippen molar-refractivity contribution in [2.24, 2.45) is 0 Å². The molecule has 0 spiro atoms. The Morgan fingerprint density at radius 1 is 1.06 bits per heavy atom. The molecule has 0 radical (unpaired) electrons. The van der Waals surface area contributed by atoms with Gasteiger partial charge in [0, 0.05) is 29.9 Å². The van der Waals surface area contributed by atoms with Gasteiger partial charge >= 0.3 is 10.1 Å². The van der Waals surface area contributed by atoms with E-state index in [2.05, 4.69) is 5.32 Å². The summed E-state index contributed by atoms with van der Waals surface area (Å²) in [6.45, 7) is 2.68. The minimum Gasteiger partial charge on any atom is -0.379 e. The second-order valence-electron chi connectivity index (χ2n) is 7.53. The summed E-state index contributed by atoms with van der Waals surface area (Å²) in [6, 6.07) is 9.16. The summed E-state index contributed by atoms with van der Waals surface area (Å²) in [5.41, 5.74) is 1.73. The molecule has 2 aliphatic rings. The maximum atomic E-state index is 13.1. The van der Waals surface area contributed by atoms with Crippen LogP contribution >= 0.6 is 0 Å². The van der Waals surface area contributed by atoms with E-state index in [1.165, 1.54) is 28.6 Å². The van der Waals surface area contributed by atoms with Gasteiger partial charge in [-0.15, -0.1) is 0 Å². The van der Waals surface area contributed by atoms with Crippen LogP contribution in [0.5, 0.6) is 5.75 Å². The average Bonchev–Trinajstić information content (AvgIpc) is 2.74. The second kappa shape index (κ2) is 8.10. The van der Waals surface area contributed by atoms with E-state index in [-0.39, 0.29) is 16.2 Å². The molecule has 1 N–H and O–H groups in total. The minimum absolute atomic E-state index is 0.133. The number of nitrogens with one attached hydrogen (secondary N) is 1. The lowest BCUT2D eigenvalue weighted by molar-refractivity contribution is 0.102. The van der Waals surface area contributed by atoms with Crippen LogP contribution in [0.1, 0.15) is 40.7 Å². The van der Waals surface area contributed by atoms with E-state index < -0.39 is 26.0 Å². The van der Waals surface area contributed by atoms with Gasteiger partial charge in [0.15, 0.2) is 0 Å². The zero-order chi connectivity index (χ0) is 22.2. The molecule has 0 unspecified atom stereocenters. The van der Waals surface area contributed by atoms with Crippen molar-refractivity contribution in [1.29, 1.82) is 0 Å². The summed E-state index contributed by atoms with van der Waals surface area (Å²) < 4.78 is 55.5. The number of piperidine rings is 1. The Balaban J connectivity index is 1.58. The molecule has 10 heteroatoms. The van der Waals surface area contributed by atoms with Crippen molar-refractivity contribution in [2.75, 3.05) is 18.4 Å². The summed E-state index contributed by atoms with van der Waals surface area (Å²) in [5.74, 6) is -0.297. The number of amides is 1. The predicted molar refractivity (Wildman–Crippen MR) is 117 cm³/mol. The largest absolute Gasteiger partial charge is 0.379 e. The highest BCUT2D eigenvalue weighted by Gasteiger charge is 2.28. The second-order valence-corrected chi connectivity index (χ2v) is 10.9. The van der Waals surface area contributed by atoms with Crippen molar-refractivity contribution < 1.29 is 25.8 Å². The van der Waals surface area contributed by atoms with E-state index >= 15 is 0 Å². The predicted octanol–water partition coefficient (Wildman–Crippen LogP) is 3.11. The minimum atomic E-state index is -3.74. The van der Waals surface area contributed by atoms with Gasteiger partial charge in [-0.1, -0.05) is 12.5 Å². The zero-order valence-electron chi connectivity index (χ0n) is 16.9. The summed E-state index contributed by atoms with van der Waals surface area (Å²) in [6.07, 6.45) is 4.06. The van der Waals surface area contributed by atoms with Crippen molar-refractivity contribution in [1.82, 2.24) is 4.31 Å². The van der Waals surface area contributed by atoms with Gasteiger partial charge in [-0.2, -0.15) is 12.7 Å². The molecule has 1 saturated heterocycles. The first-order valence-corrected chi connectivity index (χ1v) is 12.8. The summed E-state index contributed by atoms with van der Waals surface area (Å²) in [5, 5.41) is 3.66. The number of nitrogens with zero attached hydrogens (tertiary/aromatic N) is 1. The Kier molecular flexibility index (Phi) is 5.63. The van der Waals surface area contributed by atoms with Crippen LogP contribution in [0, 0.1) is 6.92 Å². The number of anilines is 1. The number of hydrogen-bond acceptors (Lipinski definition) is 6. The van der Waals surface area contributed by atoms with Gasteiger partial charge in [-0.3, -0.25) is 4.79 Å². The number of sulfonamides is 1. The number of benzene rings is 2. The highest BCUT2D eigenvalue weighted by Crippen LogP contribution is 2.30. The van der Waals surface area contributed by atoms with Crippen LogP contribution in [0.25, 0.3) is 6.08 Å². The summed E-state index contributed by atoms with van der Waals surface area (Å²) >= 11 is 0. The van der Waals surface area contributed by atoms with Crippen LogP contribution in [-0.2, 0) is 20.1 Å². The van der Waals surface area contributed by atoms with Gasteiger partial charge in [0.2, 0.25) is 10.0 Å². The number of carbonyl (C=O) groups excluding carboxylic acids is 1. The average molecular weight is 463 g/mol. The number of hydrogen-bond donors (Lipinski definition) is 1. The molecule has 31 heavy (non-hydrogen) atoms. The fraction of sp³-hybridized carbons (Fsp3) is 0.286. The van der Waals surface area contributed by atoms with Crippen LogP contribution in [0.15, 0.2) is 46.7 Å². The molecule has 0 aliphatic carbocycles. The van der Waals surface area contributed by atoms with Crippen LogP contribution in [0.3, 0.4) is 0 Å². The van der Waals surface area contributed by atoms with E-state index in [0.717, 1.165) is 24.7 Å². The zero-order valence-corrected chi connectivity index (χ0v) is 18.5. The Morgan fingerprint density at radius 3 is 2.55 bits per heavy atom. The van der Waals surface area contributed by atoms with Crippen molar-refractivity contribution in [2.45, 2.75) is 31.1 Å². The molecule has 0 atom stereocenters. The lowest BCUT2D eigenvalue weighted by Crippen LogP contribution is -2.36. The molecule has 164 valence electrons. The molecule has 4 rings (SSSR count). The normalized spacial score (nSPS) is 18.1. The molecular formula is C21H22N2O6S2. The Hall–Kier alpha value is -2.69. The van der Waals surface area contributed by atoms with E-state index in [1.54, 1.807) is 25.1 Å². The third kappa shape index (κ3) is 4.51. The Labute approximate surface area is 181 Å². The molecule has 1 amide bonds.